The molecule has 0 bridgehead atoms. The van der Waals surface area contributed by atoms with Gasteiger partial charge >= 0.3 is 7.67 Å². The molecule has 1 aromatic rings. The summed E-state index contributed by atoms with van der Waals surface area (Å²) >= 11 is 11.2. The summed E-state index contributed by atoms with van der Waals surface area (Å²) in [5.41, 5.74) is 4.45. The van der Waals surface area contributed by atoms with Crippen LogP contribution in [0.4, 0.5) is 22.0 Å². The van der Waals surface area contributed by atoms with Crippen molar-refractivity contribution in [3.8, 4) is 0 Å². The van der Waals surface area contributed by atoms with E-state index in [1.165, 1.54) is 4.67 Å². The van der Waals surface area contributed by atoms with Gasteiger partial charge in [0.1, 0.15) is 6.61 Å². The topological polar surface area (TPSA) is 77.2 Å². The van der Waals surface area contributed by atoms with E-state index in [2.05, 4.69) is 9.99 Å². The summed E-state index contributed by atoms with van der Waals surface area (Å²) in [6.07, 6.45) is 1.12. The first kappa shape index (κ1) is 25.1. The first-order valence-electron chi connectivity index (χ1n) is 7.72. The second-order valence-electron chi connectivity index (χ2n) is 5.13. The fourth-order valence-corrected chi connectivity index (χ4v) is 3.82. The maximum Gasteiger partial charge on any atom is 0.340 e. The molecule has 0 saturated heterocycles. The van der Waals surface area contributed by atoms with E-state index < -0.39 is 48.9 Å². The van der Waals surface area contributed by atoms with Crippen LogP contribution >= 0.6 is 30.9 Å². The van der Waals surface area contributed by atoms with E-state index in [0.29, 0.717) is 0 Å². The number of nitrogens with two attached hydrogens (primary N) is 1. The minimum absolute atomic E-state index is 0.0356. The molecule has 1 rings (SSSR count). The van der Waals surface area contributed by atoms with Gasteiger partial charge in [-0.3, -0.25) is 4.57 Å². The molecule has 0 radical (unpaired) electrons. The van der Waals surface area contributed by atoms with Crippen molar-refractivity contribution in [3.63, 3.8) is 0 Å². The lowest BCUT2D eigenvalue weighted by Crippen LogP contribution is -2.29. The highest BCUT2D eigenvalue weighted by atomic mass is 35.5. The number of hydrogen-bond donors (Lipinski definition) is 1. The number of oxime groups is 1. The molecule has 0 fully saturated rings. The number of benzene rings is 1. The number of alkyl halides is 2. The van der Waals surface area contributed by atoms with Gasteiger partial charge in [0.05, 0.1) is 12.2 Å². The van der Waals surface area contributed by atoms with Gasteiger partial charge in [-0.25, -0.2) is 32.1 Å². The molecular weight excluding hydrogens is 455 g/mol. The molecule has 2 N–H and O–H groups in total. The van der Waals surface area contributed by atoms with Crippen LogP contribution in [0.1, 0.15) is 12.0 Å². The fraction of sp³-hybridized carbons (Fsp3) is 0.500. The normalized spacial score (nSPS) is 14.0. The van der Waals surface area contributed by atoms with Crippen LogP contribution in [0, 0.1) is 29.1 Å². The first-order chi connectivity index (χ1) is 13.2. The minimum atomic E-state index is -3.62. The van der Waals surface area contributed by atoms with Crippen LogP contribution in [-0.2, 0) is 20.5 Å². The van der Waals surface area contributed by atoms with E-state index in [1.807, 2.05) is 0 Å². The second-order valence-corrected chi connectivity index (χ2v) is 7.84. The number of rotatable bonds is 12. The van der Waals surface area contributed by atoms with Crippen LogP contribution < -0.4 is 5.50 Å². The van der Waals surface area contributed by atoms with Gasteiger partial charge in [-0.1, -0.05) is 5.16 Å². The van der Waals surface area contributed by atoms with Crippen LogP contribution in [-0.4, -0.2) is 42.3 Å². The first-order valence-corrected chi connectivity index (χ1v) is 10.4. The predicted octanol–water partition coefficient (Wildman–Crippen LogP) is 4.14. The van der Waals surface area contributed by atoms with Crippen molar-refractivity contribution >= 4 is 37.1 Å². The zero-order valence-corrected chi connectivity index (χ0v) is 16.7. The van der Waals surface area contributed by atoms with Gasteiger partial charge in [0, 0.05) is 37.5 Å². The van der Waals surface area contributed by atoms with Gasteiger partial charge in [-0.2, -0.15) is 0 Å². The van der Waals surface area contributed by atoms with Gasteiger partial charge in [0.25, 0.3) is 0 Å². The molecule has 14 heteroatoms. The van der Waals surface area contributed by atoms with E-state index in [1.54, 1.807) is 0 Å². The number of halogens is 7. The van der Waals surface area contributed by atoms with Crippen LogP contribution in [0.2, 0.25) is 0 Å². The Labute approximate surface area is 167 Å². The highest BCUT2D eigenvalue weighted by molar-refractivity contribution is 7.53. The summed E-state index contributed by atoms with van der Waals surface area (Å²) in [6.45, 7) is -0.746. The maximum absolute atomic E-state index is 13.4. The van der Waals surface area contributed by atoms with Crippen molar-refractivity contribution in [3.05, 3.63) is 34.6 Å². The molecule has 0 heterocycles. The standard InChI is InChI=1S/C14H17Cl2F5N3O3P/c15-2-5-24(6-3-16)28(22,25)27-7-1-4-23-26-8-9-10(17)12(19)14(21)13(20)11(9)18/h4H,1-3,5-8H2,(H2,22,25)/b23-4-. The molecule has 1 aromatic carbocycles. The maximum atomic E-state index is 13.4. The summed E-state index contributed by atoms with van der Waals surface area (Å²) < 4.78 is 84.4. The van der Waals surface area contributed by atoms with Gasteiger partial charge in [0.2, 0.25) is 5.82 Å². The molecular formula is C14H17Cl2F5N3O3P. The Morgan fingerprint density at radius 2 is 1.50 bits per heavy atom. The van der Waals surface area contributed by atoms with Crippen molar-refractivity contribution in [2.75, 3.05) is 31.5 Å². The summed E-state index contributed by atoms with van der Waals surface area (Å²) in [5.74, 6) is -10.1. The zero-order valence-electron chi connectivity index (χ0n) is 14.3. The van der Waals surface area contributed by atoms with Gasteiger partial charge < -0.3 is 9.36 Å². The van der Waals surface area contributed by atoms with E-state index in [-0.39, 0.29) is 37.9 Å². The quantitative estimate of drug-likeness (QED) is 0.0724. The number of hydrogen-bond acceptors (Lipinski definition) is 4. The van der Waals surface area contributed by atoms with Crippen molar-refractivity contribution in [2.45, 2.75) is 13.0 Å². The van der Waals surface area contributed by atoms with Crippen LogP contribution in [0.3, 0.4) is 0 Å². The van der Waals surface area contributed by atoms with Gasteiger partial charge in [0.15, 0.2) is 23.3 Å². The molecule has 0 aliphatic carbocycles. The highest BCUT2D eigenvalue weighted by Gasteiger charge is 2.27. The monoisotopic (exact) mass is 471 g/mol. The van der Waals surface area contributed by atoms with E-state index in [4.69, 9.17) is 33.2 Å². The van der Waals surface area contributed by atoms with E-state index in [0.717, 1.165) is 6.21 Å². The SMILES string of the molecule is NP(=O)(OCC/C=N\OCc1c(F)c(F)c(F)c(F)c1F)N(CCCl)CCCl. The Kier molecular flexibility index (Phi) is 10.6. The molecule has 0 amide bonds. The van der Waals surface area contributed by atoms with Crippen molar-refractivity contribution in [2.24, 2.45) is 10.7 Å². The summed E-state index contributed by atoms with van der Waals surface area (Å²) in [6, 6.07) is 0. The number of nitrogens with zero attached hydrogens (tertiary/aromatic N) is 2. The third kappa shape index (κ3) is 6.82. The van der Waals surface area contributed by atoms with Gasteiger partial charge in [-0.15, -0.1) is 23.2 Å². The van der Waals surface area contributed by atoms with Crippen LogP contribution in [0.25, 0.3) is 0 Å². The Bertz CT molecular complexity index is 710. The average Bonchev–Trinajstić information content (AvgIpc) is 2.66. The molecule has 0 spiro atoms. The third-order valence-corrected chi connectivity index (χ3v) is 5.34. The molecule has 0 aliphatic heterocycles. The largest absolute Gasteiger partial charge is 0.391 e. The lowest BCUT2D eigenvalue weighted by Gasteiger charge is -2.26. The Balaban J connectivity index is 2.51. The molecule has 0 aliphatic rings. The van der Waals surface area contributed by atoms with Crippen molar-refractivity contribution in [1.82, 2.24) is 4.67 Å². The molecule has 6 nitrogen and oxygen atoms in total. The lowest BCUT2D eigenvalue weighted by atomic mass is 10.2. The molecule has 28 heavy (non-hydrogen) atoms. The molecule has 1 unspecified atom stereocenters. The molecule has 160 valence electrons. The molecule has 1 atom stereocenters. The van der Waals surface area contributed by atoms with Crippen molar-refractivity contribution < 1.29 is 35.9 Å². The molecule has 0 aromatic heterocycles. The fourth-order valence-electron chi connectivity index (χ4n) is 1.89. The van der Waals surface area contributed by atoms with Gasteiger partial charge in [-0.05, 0) is 0 Å². The second kappa shape index (κ2) is 11.9. The summed E-state index contributed by atoms with van der Waals surface area (Å²) in [5, 5.41) is 3.30. The predicted molar refractivity (Wildman–Crippen MR) is 94.9 cm³/mol. The van der Waals surface area contributed by atoms with Crippen LogP contribution in [0.5, 0.6) is 0 Å². The lowest BCUT2D eigenvalue weighted by molar-refractivity contribution is 0.123. The average molecular weight is 472 g/mol. The molecule has 0 saturated carbocycles. The smallest absolute Gasteiger partial charge is 0.340 e. The van der Waals surface area contributed by atoms with E-state index >= 15 is 0 Å². The van der Waals surface area contributed by atoms with E-state index in [9.17, 15) is 26.5 Å². The Hall–Kier alpha value is -0.970. The Morgan fingerprint density at radius 1 is 1.00 bits per heavy atom. The highest BCUT2D eigenvalue weighted by Crippen LogP contribution is 2.42. The van der Waals surface area contributed by atoms with Crippen LogP contribution in [0.15, 0.2) is 5.16 Å². The zero-order chi connectivity index (χ0) is 21.3. The third-order valence-electron chi connectivity index (χ3n) is 3.26. The summed E-state index contributed by atoms with van der Waals surface area (Å²) in [7, 11) is -3.62. The summed E-state index contributed by atoms with van der Waals surface area (Å²) in [4.78, 5) is 4.52. The van der Waals surface area contributed by atoms with Crippen molar-refractivity contribution in [1.29, 1.82) is 0 Å². The minimum Gasteiger partial charge on any atom is -0.391 e. The Morgan fingerprint density at radius 3 is 2.00 bits per heavy atom.